The monoisotopic (exact) mass is 289 g/mol. The fourth-order valence-corrected chi connectivity index (χ4v) is 2.75. The SMILES string of the molecule is Cc1ccc(NC(=S)NN=CC2CCCCC2)c(C)c1. The fraction of sp³-hybridized carbons (Fsp3) is 0.500. The first-order valence-corrected chi connectivity index (χ1v) is 7.73. The lowest BCUT2D eigenvalue weighted by atomic mass is 9.90. The Morgan fingerprint density at radius 1 is 1.25 bits per heavy atom. The third-order valence-corrected chi connectivity index (χ3v) is 3.92. The molecule has 20 heavy (non-hydrogen) atoms. The molecule has 1 aromatic carbocycles. The number of anilines is 1. The van der Waals surface area contributed by atoms with E-state index < -0.39 is 0 Å². The van der Waals surface area contributed by atoms with E-state index in [-0.39, 0.29) is 0 Å². The molecule has 0 aromatic heterocycles. The number of hydrogen-bond donors (Lipinski definition) is 2. The first kappa shape index (κ1) is 15.0. The standard InChI is InChI=1S/C16H23N3S/c1-12-8-9-15(13(2)10-12)18-16(20)19-17-11-14-6-4-3-5-7-14/h8-11,14H,3-7H2,1-2H3,(H2,18,19,20). The Kier molecular flexibility index (Phi) is 5.53. The Hall–Kier alpha value is -1.42. The molecule has 1 aliphatic carbocycles. The zero-order chi connectivity index (χ0) is 14.4. The molecule has 0 spiro atoms. The van der Waals surface area contributed by atoms with Crippen LogP contribution in [0.4, 0.5) is 5.69 Å². The highest BCUT2D eigenvalue weighted by Gasteiger charge is 2.10. The molecule has 0 atom stereocenters. The van der Waals surface area contributed by atoms with Crippen molar-refractivity contribution in [1.29, 1.82) is 0 Å². The van der Waals surface area contributed by atoms with E-state index >= 15 is 0 Å². The number of thiocarbonyl (C=S) groups is 1. The van der Waals surface area contributed by atoms with Gasteiger partial charge in [-0.15, -0.1) is 0 Å². The third kappa shape index (κ3) is 4.60. The van der Waals surface area contributed by atoms with Gasteiger partial charge in [0.25, 0.3) is 0 Å². The van der Waals surface area contributed by atoms with E-state index in [4.69, 9.17) is 12.2 Å². The van der Waals surface area contributed by atoms with E-state index in [9.17, 15) is 0 Å². The van der Waals surface area contributed by atoms with Gasteiger partial charge < -0.3 is 5.32 Å². The molecule has 2 rings (SSSR count). The second-order valence-electron chi connectivity index (χ2n) is 5.56. The second kappa shape index (κ2) is 7.39. The largest absolute Gasteiger partial charge is 0.331 e. The van der Waals surface area contributed by atoms with Crippen LogP contribution in [0.3, 0.4) is 0 Å². The van der Waals surface area contributed by atoms with Crippen molar-refractivity contribution in [2.45, 2.75) is 46.0 Å². The predicted octanol–water partition coefficient (Wildman–Crippen LogP) is 4.16. The molecular formula is C16H23N3S. The molecule has 0 bridgehead atoms. The van der Waals surface area contributed by atoms with E-state index in [0.29, 0.717) is 11.0 Å². The first-order valence-electron chi connectivity index (χ1n) is 7.32. The molecule has 1 aliphatic rings. The molecule has 0 heterocycles. The second-order valence-corrected chi connectivity index (χ2v) is 5.97. The van der Waals surface area contributed by atoms with Crippen molar-refractivity contribution >= 4 is 29.2 Å². The van der Waals surface area contributed by atoms with Crippen LogP contribution in [0.5, 0.6) is 0 Å². The van der Waals surface area contributed by atoms with Crippen molar-refractivity contribution in [1.82, 2.24) is 5.43 Å². The van der Waals surface area contributed by atoms with Gasteiger partial charge in [-0.2, -0.15) is 5.10 Å². The maximum Gasteiger partial charge on any atom is 0.191 e. The van der Waals surface area contributed by atoms with Gasteiger partial charge in [-0.3, -0.25) is 5.43 Å². The minimum Gasteiger partial charge on any atom is -0.331 e. The zero-order valence-corrected chi connectivity index (χ0v) is 13.1. The molecule has 1 aromatic rings. The number of aryl methyl sites for hydroxylation is 2. The Balaban J connectivity index is 1.81. The van der Waals surface area contributed by atoms with Crippen LogP contribution >= 0.6 is 12.2 Å². The summed E-state index contributed by atoms with van der Waals surface area (Å²) in [6.45, 7) is 4.16. The van der Waals surface area contributed by atoms with Gasteiger partial charge in [0.2, 0.25) is 0 Å². The lowest BCUT2D eigenvalue weighted by Crippen LogP contribution is -2.25. The number of hydrazone groups is 1. The summed E-state index contributed by atoms with van der Waals surface area (Å²) in [5.74, 6) is 0.611. The first-order chi connectivity index (χ1) is 9.65. The molecule has 0 aliphatic heterocycles. The maximum absolute atomic E-state index is 5.26. The summed E-state index contributed by atoms with van der Waals surface area (Å²) >= 11 is 5.26. The maximum atomic E-state index is 5.26. The van der Waals surface area contributed by atoms with Crippen molar-refractivity contribution in [2.24, 2.45) is 11.0 Å². The van der Waals surface area contributed by atoms with Gasteiger partial charge in [0, 0.05) is 11.9 Å². The van der Waals surface area contributed by atoms with E-state index in [2.05, 4.69) is 41.8 Å². The summed E-state index contributed by atoms with van der Waals surface area (Å²) in [4.78, 5) is 0. The predicted molar refractivity (Wildman–Crippen MR) is 90.3 cm³/mol. The summed E-state index contributed by atoms with van der Waals surface area (Å²) in [6.07, 6.45) is 8.52. The molecule has 0 amide bonds. The number of nitrogens with zero attached hydrogens (tertiary/aromatic N) is 1. The van der Waals surface area contributed by atoms with Crippen LogP contribution in [0.15, 0.2) is 23.3 Å². The van der Waals surface area contributed by atoms with Crippen LogP contribution in [-0.2, 0) is 0 Å². The van der Waals surface area contributed by atoms with Crippen LogP contribution in [0.25, 0.3) is 0 Å². The molecule has 2 N–H and O–H groups in total. The Labute approximate surface area is 126 Å². The Bertz CT molecular complexity index is 490. The van der Waals surface area contributed by atoms with Crippen LogP contribution in [0.2, 0.25) is 0 Å². The molecule has 0 radical (unpaired) electrons. The van der Waals surface area contributed by atoms with Crippen LogP contribution in [-0.4, -0.2) is 11.3 Å². The molecule has 108 valence electrons. The summed E-state index contributed by atoms with van der Waals surface area (Å²) in [6, 6.07) is 6.25. The van der Waals surface area contributed by atoms with Gasteiger partial charge in [0.15, 0.2) is 5.11 Å². The highest BCUT2D eigenvalue weighted by Crippen LogP contribution is 2.21. The minimum absolute atomic E-state index is 0.545. The van der Waals surface area contributed by atoms with Crippen molar-refractivity contribution in [3.05, 3.63) is 29.3 Å². The zero-order valence-electron chi connectivity index (χ0n) is 12.3. The normalized spacial score (nSPS) is 16.3. The highest BCUT2D eigenvalue weighted by molar-refractivity contribution is 7.80. The molecular weight excluding hydrogens is 266 g/mol. The molecule has 3 nitrogen and oxygen atoms in total. The van der Waals surface area contributed by atoms with Crippen molar-refractivity contribution < 1.29 is 0 Å². The van der Waals surface area contributed by atoms with Crippen molar-refractivity contribution in [2.75, 3.05) is 5.32 Å². The average Bonchev–Trinajstić information content (AvgIpc) is 2.43. The Morgan fingerprint density at radius 3 is 2.70 bits per heavy atom. The summed E-state index contributed by atoms with van der Waals surface area (Å²) in [5.41, 5.74) is 6.38. The molecule has 1 fully saturated rings. The molecule has 1 saturated carbocycles. The molecule has 0 saturated heterocycles. The van der Waals surface area contributed by atoms with Gasteiger partial charge in [-0.25, -0.2) is 0 Å². The van der Waals surface area contributed by atoms with Crippen LogP contribution in [0, 0.1) is 19.8 Å². The molecule has 0 unspecified atom stereocenters. The number of nitrogens with one attached hydrogen (secondary N) is 2. The summed E-state index contributed by atoms with van der Waals surface area (Å²) in [7, 11) is 0. The van der Waals surface area contributed by atoms with Crippen LogP contribution < -0.4 is 10.7 Å². The van der Waals surface area contributed by atoms with E-state index in [1.165, 1.54) is 43.2 Å². The quantitative estimate of drug-likeness (QED) is 0.498. The van der Waals surface area contributed by atoms with Gasteiger partial charge >= 0.3 is 0 Å². The number of rotatable bonds is 3. The van der Waals surface area contributed by atoms with Gasteiger partial charge in [0.1, 0.15) is 0 Å². The molecule has 4 heteroatoms. The summed E-state index contributed by atoms with van der Waals surface area (Å²) < 4.78 is 0. The fourth-order valence-electron chi connectivity index (χ4n) is 2.59. The van der Waals surface area contributed by atoms with Gasteiger partial charge in [-0.05, 0) is 56.5 Å². The van der Waals surface area contributed by atoms with E-state index in [1.807, 2.05) is 12.3 Å². The summed E-state index contributed by atoms with van der Waals surface area (Å²) in [5, 5.41) is 7.99. The van der Waals surface area contributed by atoms with Crippen LogP contribution in [0.1, 0.15) is 43.2 Å². The highest BCUT2D eigenvalue weighted by atomic mass is 32.1. The minimum atomic E-state index is 0.545. The number of hydrogen-bond acceptors (Lipinski definition) is 2. The van der Waals surface area contributed by atoms with Gasteiger partial charge in [-0.1, -0.05) is 37.0 Å². The lowest BCUT2D eigenvalue weighted by Gasteiger charge is -2.17. The van der Waals surface area contributed by atoms with Crippen molar-refractivity contribution in [3.8, 4) is 0 Å². The van der Waals surface area contributed by atoms with E-state index in [1.54, 1.807) is 0 Å². The third-order valence-electron chi connectivity index (χ3n) is 3.73. The number of benzene rings is 1. The van der Waals surface area contributed by atoms with E-state index in [0.717, 1.165) is 5.69 Å². The Morgan fingerprint density at radius 2 is 2.00 bits per heavy atom. The topological polar surface area (TPSA) is 36.4 Å². The van der Waals surface area contributed by atoms with Gasteiger partial charge in [0.05, 0.1) is 0 Å². The average molecular weight is 289 g/mol. The smallest absolute Gasteiger partial charge is 0.191 e. The van der Waals surface area contributed by atoms with Crippen molar-refractivity contribution in [3.63, 3.8) is 0 Å². The lowest BCUT2D eigenvalue weighted by molar-refractivity contribution is 0.444.